The van der Waals surface area contributed by atoms with Crippen LogP contribution >= 0.6 is 0 Å². The number of hydrogen-bond acceptors (Lipinski definition) is 5. The number of carbonyl (C=O) groups is 2. The summed E-state index contributed by atoms with van der Waals surface area (Å²) in [6.45, 7) is 0. The highest BCUT2D eigenvalue weighted by atomic mass is 16.6. The first kappa shape index (κ1) is 11.5. The number of oxime groups is 1. The third-order valence-electron chi connectivity index (χ3n) is 3.64. The predicted molar refractivity (Wildman–Crippen MR) is 59.0 cm³/mol. The molecule has 2 saturated heterocycles. The topological polar surface area (TPSA) is 97.2 Å². The van der Waals surface area contributed by atoms with Gasteiger partial charge in [-0.25, -0.2) is 4.79 Å². The molecule has 0 spiro atoms. The molecule has 1 amide bonds. The Balaban J connectivity index is 1.53. The highest BCUT2D eigenvalue weighted by Crippen LogP contribution is 2.34. The quantitative estimate of drug-likeness (QED) is 0.717. The lowest BCUT2D eigenvalue weighted by Gasteiger charge is -2.21. The summed E-state index contributed by atoms with van der Waals surface area (Å²) >= 11 is 0. The fourth-order valence-electron chi connectivity index (χ4n) is 2.71. The van der Waals surface area contributed by atoms with E-state index in [9.17, 15) is 9.59 Å². The highest BCUT2D eigenvalue weighted by molar-refractivity contribution is 6.36. The molecule has 4 atom stereocenters. The number of nitrogens with zero attached hydrogens (tertiary/aromatic N) is 1. The molecule has 18 heavy (non-hydrogen) atoms. The molecular formula is C11H14N2O5. The summed E-state index contributed by atoms with van der Waals surface area (Å²) < 4.78 is 5.63. The summed E-state index contributed by atoms with van der Waals surface area (Å²) in [6, 6.07) is 0.0220. The minimum Gasteiger partial charge on any atom is -0.477 e. The van der Waals surface area contributed by atoms with Crippen LogP contribution in [0.15, 0.2) is 5.16 Å². The minimum atomic E-state index is -1.14. The van der Waals surface area contributed by atoms with E-state index in [1.807, 2.05) is 0 Å². The van der Waals surface area contributed by atoms with Crippen molar-refractivity contribution in [3.8, 4) is 0 Å². The fraction of sp³-hybridized carbons (Fsp3) is 0.727. The second-order valence-corrected chi connectivity index (χ2v) is 4.87. The van der Waals surface area contributed by atoms with Gasteiger partial charge >= 0.3 is 5.97 Å². The Morgan fingerprint density at radius 1 is 1.39 bits per heavy atom. The lowest BCUT2D eigenvalue weighted by molar-refractivity contribution is -0.132. The van der Waals surface area contributed by atoms with Gasteiger partial charge in [0.2, 0.25) is 6.10 Å². The number of carboxylic acid groups (broad SMARTS) is 1. The molecule has 2 fully saturated rings. The Hall–Kier alpha value is -1.63. The van der Waals surface area contributed by atoms with Crippen molar-refractivity contribution in [3.05, 3.63) is 0 Å². The summed E-state index contributed by atoms with van der Waals surface area (Å²) in [5, 5.41) is 15.0. The Morgan fingerprint density at radius 3 is 2.78 bits per heavy atom. The Kier molecular flexibility index (Phi) is 2.70. The van der Waals surface area contributed by atoms with E-state index in [-0.39, 0.29) is 36.3 Å². The van der Waals surface area contributed by atoms with E-state index in [2.05, 4.69) is 10.5 Å². The standard InChI is InChI=1S/C11H14N2O5/c14-10(9-4-7(11(15)16)13-18-9)12-6-3-5-1-2-8(6)17-5/h5-6,8-9H,1-4H2,(H,12,14)(H,15,16). The third kappa shape index (κ3) is 1.94. The first-order valence-electron chi connectivity index (χ1n) is 6.05. The van der Waals surface area contributed by atoms with Crippen LogP contribution in [0.4, 0.5) is 0 Å². The number of hydrogen-bond donors (Lipinski definition) is 2. The molecule has 98 valence electrons. The summed E-state index contributed by atoms with van der Waals surface area (Å²) in [5.74, 6) is -1.45. The van der Waals surface area contributed by atoms with Crippen LogP contribution in [0.2, 0.25) is 0 Å². The summed E-state index contributed by atoms with van der Waals surface area (Å²) in [4.78, 5) is 27.4. The van der Waals surface area contributed by atoms with E-state index in [4.69, 9.17) is 14.7 Å². The summed E-state index contributed by atoms with van der Waals surface area (Å²) in [7, 11) is 0. The van der Waals surface area contributed by atoms with E-state index < -0.39 is 12.1 Å². The van der Waals surface area contributed by atoms with Crippen molar-refractivity contribution >= 4 is 17.6 Å². The monoisotopic (exact) mass is 254 g/mol. The zero-order chi connectivity index (χ0) is 12.7. The lowest BCUT2D eigenvalue weighted by Crippen LogP contribution is -2.46. The van der Waals surface area contributed by atoms with Gasteiger partial charge in [0.1, 0.15) is 0 Å². The number of carboxylic acids is 1. The number of fused-ring (bicyclic) bond motifs is 2. The average molecular weight is 254 g/mol. The predicted octanol–water partition coefficient (Wildman–Crippen LogP) is -0.348. The molecule has 3 rings (SSSR count). The lowest BCUT2D eigenvalue weighted by atomic mass is 9.95. The number of ether oxygens (including phenoxy) is 1. The van der Waals surface area contributed by atoms with E-state index >= 15 is 0 Å². The van der Waals surface area contributed by atoms with Crippen LogP contribution in [0.5, 0.6) is 0 Å². The second kappa shape index (κ2) is 4.24. The maximum absolute atomic E-state index is 11.9. The largest absolute Gasteiger partial charge is 0.477 e. The van der Waals surface area contributed by atoms with E-state index in [0.717, 1.165) is 19.3 Å². The number of aliphatic carboxylic acids is 1. The molecule has 2 bridgehead atoms. The van der Waals surface area contributed by atoms with Crippen molar-refractivity contribution in [2.45, 2.75) is 50.0 Å². The molecule has 7 heteroatoms. The maximum Gasteiger partial charge on any atom is 0.353 e. The number of amides is 1. The maximum atomic E-state index is 11.9. The minimum absolute atomic E-state index is 0.0167. The fourth-order valence-corrected chi connectivity index (χ4v) is 2.71. The van der Waals surface area contributed by atoms with Crippen molar-refractivity contribution in [1.82, 2.24) is 5.32 Å². The van der Waals surface area contributed by atoms with Crippen LogP contribution in [0.3, 0.4) is 0 Å². The zero-order valence-corrected chi connectivity index (χ0v) is 9.67. The molecule has 0 saturated carbocycles. The molecule has 0 radical (unpaired) electrons. The van der Waals surface area contributed by atoms with E-state index in [1.165, 1.54) is 0 Å². The molecule has 0 aliphatic carbocycles. The third-order valence-corrected chi connectivity index (χ3v) is 3.64. The van der Waals surface area contributed by atoms with Crippen LogP contribution in [0, 0.1) is 0 Å². The number of nitrogens with one attached hydrogen (secondary N) is 1. The first-order valence-corrected chi connectivity index (χ1v) is 6.05. The number of carbonyl (C=O) groups excluding carboxylic acids is 1. The van der Waals surface area contributed by atoms with Gasteiger partial charge in [-0.05, 0) is 19.3 Å². The molecule has 3 heterocycles. The average Bonchev–Trinajstić information content (AvgIpc) is 3.04. The van der Waals surface area contributed by atoms with Gasteiger partial charge < -0.3 is 20.0 Å². The van der Waals surface area contributed by atoms with Crippen LogP contribution in [0.1, 0.15) is 25.7 Å². The Bertz CT molecular complexity index is 422. The molecular weight excluding hydrogens is 240 g/mol. The van der Waals surface area contributed by atoms with Gasteiger partial charge in [0.15, 0.2) is 5.71 Å². The van der Waals surface area contributed by atoms with Gasteiger partial charge in [-0.1, -0.05) is 5.16 Å². The molecule has 2 N–H and O–H groups in total. The Morgan fingerprint density at radius 2 is 2.22 bits per heavy atom. The summed E-state index contributed by atoms with van der Waals surface area (Å²) in [6.07, 6.45) is 2.41. The molecule has 4 unspecified atom stereocenters. The van der Waals surface area contributed by atoms with E-state index in [1.54, 1.807) is 0 Å². The van der Waals surface area contributed by atoms with Crippen LogP contribution in [-0.4, -0.2) is 47.0 Å². The van der Waals surface area contributed by atoms with Crippen LogP contribution in [0.25, 0.3) is 0 Å². The molecule has 3 aliphatic heterocycles. The second-order valence-electron chi connectivity index (χ2n) is 4.87. The van der Waals surface area contributed by atoms with Crippen molar-refractivity contribution < 1.29 is 24.3 Å². The SMILES string of the molecule is O=C(O)C1=NOC(C(=O)NC2CC3CCC2O3)C1. The van der Waals surface area contributed by atoms with Crippen molar-refractivity contribution in [2.75, 3.05) is 0 Å². The molecule has 0 aromatic carbocycles. The Labute approximate surface area is 103 Å². The van der Waals surface area contributed by atoms with Crippen molar-refractivity contribution in [3.63, 3.8) is 0 Å². The van der Waals surface area contributed by atoms with Gasteiger partial charge in [0.25, 0.3) is 5.91 Å². The number of rotatable bonds is 3. The van der Waals surface area contributed by atoms with Gasteiger partial charge in [-0.2, -0.15) is 0 Å². The molecule has 0 aromatic heterocycles. The van der Waals surface area contributed by atoms with Crippen LogP contribution < -0.4 is 5.32 Å². The molecule has 7 nitrogen and oxygen atoms in total. The zero-order valence-electron chi connectivity index (χ0n) is 9.67. The van der Waals surface area contributed by atoms with Crippen molar-refractivity contribution in [2.24, 2.45) is 5.16 Å². The normalized spacial score (nSPS) is 37.2. The van der Waals surface area contributed by atoms with Crippen molar-refractivity contribution in [1.29, 1.82) is 0 Å². The smallest absolute Gasteiger partial charge is 0.353 e. The molecule has 0 aromatic rings. The highest BCUT2D eigenvalue weighted by Gasteiger charge is 2.43. The van der Waals surface area contributed by atoms with E-state index in [0.29, 0.717) is 0 Å². The van der Waals surface area contributed by atoms with Crippen LogP contribution in [-0.2, 0) is 19.2 Å². The first-order chi connectivity index (χ1) is 8.63. The van der Waals surface area contributed by atoms with Gasteiger partial charge in [0.05, 0.1) is 18.2 Å². The van der Waals surface area contributed by atoms with Gasteiger partial charge in [0, 0.05) is 6.42 Å². The summed E-state index contributed by atoms with van der Waals surface area (Å²) in [5.41, 5.74) is -0.112. The van der Waals surface area contributed by atoms with Gasteiger partial charge in [-0.15, -0.1) is 0 Å². The molecule has 3 aliphatic rings. The van der Waals surface area contributed by atoms with Gasteiger partial charge in [-0.3, -0.25) is 4.79 Å².